The Labute approximate surface area is 69.7 Å². The monoisotopic (exact) mass is 160 g/mol. The largest absolute Gasteiger partial charge is 0.269 e. The van der Waals surface area contributed by atoms with Gasteiger partial charge >= 0.3 is 0 Å². The molecule has 0 nitrogen and oxygen atoms in total. The molecular weight excluding hydrogens is 139 g/mol. The van der Waals surface area contributed by atoms with Gasteiger partial charge < -0.3 is 0 Å². The molecule has 0 aromatic heterocycles. The second-order valence-corrected chi connectivity index (χ2v) is 4.12. The summed E-state index contributed by atoms with van der Waals surface area (Å²) >= 11 is 0. The molecule has 0 aliphatic heterocycles. The van der Waals surface area contributed by atoms with E-state index >= 15 is 0 Å². The lowest BCUT2D eigenvalue weighted by Gasteiger charge is -2.22. The molecule has 0 aromatic carbocycles. The summed E-state index contributed by atoms with van der Waals surface area (Å²) in [7, 11) is 0. The van der Waals surface area contributed by atoms with Gasteiger partial charge in [-0.1, -0.05) is 39.5 Å². The van der Waals surface area contributed by atoms with Crippen molar-refractivity contribution in [2.24, 2.45) is 5.41 Å². The molecule has 0 radical (unpaired) electrons. The summed E-state index contributed by atoms with van der Waals surface area (Å²) in [6.45, 7) is 4.76. The third kappa shape index (κ3) is 3.22. The minimum atomic E-state index is 0. The highest BCUT2D eigenvalue weighted by Crippen LogP contribution is 2.41. The molecule has 1 fully saturated rings. The maximum Gasteiger partial charge on any atom is -0.0326 e. The Morgan fingerprint density at radius 1 is 1.18 bits per heavy atom. The van der Waals surface area contributed by atoms with E-state index in [0.29, 0.717) is 0 Å². The third-order valence-electron chi connectivity index (χ3n) is 2.94. The van der Waals surface area contributed by atoms with Crippen molar-refractivity contribution in [2.75, 3.05) is 0 Å². The van der Waals surface area contributed by atoms with Gasteiger partial charge in [-0.15, -0.1) is 0 Å². The molecule has 0 spiro atoms. The van der Waals surface area contributed by atoms with Gasteiger partial charge in [0, 0.05) is 0 Å². The zero-order valence-electron chi connectivity index (χ0n) is 7.86. The topological polar surface area (TPSA) is 0 Å². The summed E-state index contributed by atoms with van der Waals surface area (Å²) in [6.07, 6.45) is 10.2. The molecule has 1 heteroatoms. The molecule has 1 aliphatic rings. The van der Waals surface area contributed by atoms with E-state index in [9.17, 15) is 0 Å². The van der Waals surface area contributed by atoms with Crippen LogP contribution in [-0.2, 0) is 0 Å². The minimum absolute atomic E-state index is 0. The van der Waals surface area contributed by atoms with Gasteiger partial charge in [-0.05, 0) is 24.7 Å². The molecule has 0 heterocycles. The molecule has 0 aromatic rings. The molecule has 0 bridgehead atoms. The summed E-state index contributed by atoms with van der Waals surface area (Å²) in [5.74, 6) is 0. The second-order valence-electron chi connectivity index (χ2n) is 4.12. The van der Waals surface area contributed by atoms with Crippen LogP contribution in [0.5, 0.6) is 0 Å². The average Bonchev–Trinajstić information content (AvgIpc) is 2.33. The summed E-state index contributed by atoms with van der Waals surface area (Å²) in [4.78, 5) is 0. The second kappa shape index (κ2) is 4.74. The summed E-state index contributed by atoms with van der Waals surface area (Å²) in [5, 5.41) is 0. The van der Waals surface area contributed by atoms with Crippen molar-refractivity contribution in [3.63, 3.8) is 0 Å². The number of hydrogen-bond donors (Lipinski definition) is 0. The van der Waals surface area contributed by atoms with E-state index in [2.05, 4.69) is 13.8 Å². The van der Waals surface area contributed by atoms with E-state index in [1.165, 1.54) is 44.9 Å². The molecule has 68 valence electrons. The summed E-state index contributed by atoms with van der Waals surface area (Å²) in [5.41, 5.74) is 0.746. The van der Waals surface area contributed by atoms with E-state index < -0.39 is 0 Å². The SMILES string of the molecule is CCCCC1(C)CCCC1.F. The van der Waals surface area contributed by atoms with Crippen molar-refractivity contribution in [1.82, 2.24) is 0 Å². The summed E-state index contributed by atoms with van der Waals surface area (Å²) < 4.78 is 0. The molecule has 0 saturated heterocycles. The summed E-state index contributed by atoms with van der Waals surface area (Å²) in [6, 6.07) is 0. The van der Waals surface area contributed by atoms with Crippen molar-refractivity contribution >= 4 is 0 Å². The molecule has 1 rings (SSSR count). The molecule has 0 amide bonds. The van der Waals surface area contributed by atoms with Crippen LogP contribution in [0, 0.1) is 5.41 Å². The Morgan fingerprint density at radius 3 is 2.18 bits per heavy atom. The van der Waals surface area contributed by atoms with Gasteiger partial charge in [0.2, 0.25) is 0 Å². The fourth-order valence-corrected chi connectivity index (χ4v) is 2.08. The van der Waals surface area contributed by atoms with Gasteiger partial charge in [-0.3, -0.25) is 4.70 Å². The van der Waals surface area contributed by atoms with Crippen LogP contribution in [0.25, 0.3) is 0 Å². The van der Waals surface area contributed by atoms with Gasteiger partial charge in [0.05, 0.1) is 0 Å². The zero-order valence-corrected chi connectivity index (χ0v) is 7.86. The predicted octanol–water partition coefficient (Wildman–Crippen LogP) is 3.91. The van der Waals surface area contributed by atoms with Gasteiger partial charge in [0.25, 0.3) is 0 Å². The van der Waals surface area contributed by atoms with Crippen molar-refractivity contribution in [2.45, 2.75) is 58.8 Å². The van der Waals surface area contributed by atoms with Crippen LogP contribution in [0.2, 0.25) is 0 Å². The number of halogens is 1. The van der Waals surface area contributed by atoms with Crippen molar-refractivity contribution in [1.29, 1.82) is 0 Å². The Bertz CT molecular complexity index is 93.0. The van der Waals surface area contributed by atoms with Crippen LogP contribution in [0.4, 0.5) is 4.70 Å². The Hall–Kier alpha value is -0.0700. The Kier molecular flexibility index (Phi) is 4.71. The lowest BCUT2D eigenvalue weighted by molar-refractivity contribution is 0.298. The first-order valence-corrected chi connectivity index (χ1v) is 4.77. The van der Waals surface area contributed by atoms with E-state index in [4.69, 9.17) is 0 Å². The van der Waals surface area contributed by atoms with Crippen LogP contribution in [0.3, 0.4) is 0 Å². The Morgan fingerprint density at radius 2 is 1.73 bits per heavy atom. The first-order chi connectivity index (χ1) is 4.77. The Balaban J connectivity index is 0.000001000. The zero-order chi connectivity index (χ0) is 7.45. The van der Waals surface area contributed by atoms with Gasteiger partial charge in [0.1, 0.15) is 0 Å². The number of unbranched alkanes of at least 4 members (excludes halogenated alkanes) is 1. The fraction of sp³-hybridized carbons (Fsp3) is 1.00. The standard InChI is InChI=1S/C10H20.FH/c1-3-4-7-10(2)8-5-6-9-10;/h3-9H2,1-2H3;1H. The highest BCUT2D eigenvalue weighted by atomic mass is 19.0. The van der Waals surface area contributed by atoms with Gasteiger partial charge in [0.15, 0.2) is 0 Å². The number of rotatable bonds is 3. The van der Waals surface area contributed by atoms with Crippen LogP contribution in [0.1, 0.15) is 58.8 Å². The lowest BCUT2D eigenvalue weighted by Crippen LogP contribution is -2.09. The normalized spacial score (nSPS) is 21.3. The van der Waals surface area contributed by atoms with Crippen LogP contribution in [-0.4, -0.2) is 0 Å². The van der Waals surface area contributed by atoms with Gasteiger partial charge in [-0.25, -0.2) is 0 Å². The van der Waals surface area contributed by atoms with E-state index in [0.717, 1.165) is 5.41 Å². The molecule has 0 atom stereocenters. The van der Waals surface area contributed by atoms with Crippen LogP contribution in [0.15, 0.2) is 0 Å². The first kappa shape index (κ1) is 10.9. The van der Waals surface area contributed by atoms with E-state index in [-0.39, 0.29) is 4.70 Å². The average molecular weight is 160 g/mol. The van der Waals surface area contributed by atoms with Crippen molar-refractivity contribution < 1.29 is 4.70 Å². The minimum Gasteiger partial charge on any atom is -0.269 e. The molecule has 0 N–H and O–H groups in total. The third-order valence-corrected chi connectivity index (χ3v) is 2.94. The van der Waals surface area contributed by atoms with Crippen LogP contribution >= 0.6 is 0 Å². The lowest BCUT2D eigenvalue weighted by atomic mass is 9.83. The predicted molar refractivity (Wildman–Crippen MR) is 48.6 cm³/mol. The highest BCUT2D eigenvalue weighted by molar-refractivity contribution is 4.79. The quantitative estimate of drug-likeness (QED) is 0.587. The van der Waals surface area contributed by atoms with Crippen molar-refractivity contribution in [3.05, 3.63) is 0 Å². The van der Waals surface area contributed by atoms with E-state index in [1.807, 2.05) is 0 Å². The smallest absolute Gasteiger partial charge is 0.0326 e. The fourth-order valence-electron chi connectivity index (χ4n) is 2.08. The number of hydrogen-bond acceptors (Lipinski definition) is 0. The molecule has 1 aliphatic carbocycles. The molecular formula is C10H21F. The van der Waals surface area contributed by atoms with E-state index in [1.54, 1.807) is 0 Å². The molecule has 11 heavy (non-hydrogen) atoms. The maximum absolute atomic E-state index is 2.47. The molecule has 1 saturated carbocycles. The van der Waals surface area contributed by atoms with Crippen molar-refractivity contribution in [3.8, 4) is 0 Å². The maximum atomic E-state index is 2.47. The highest BCUT2D eigenvalue weighted by Gasteiger charge is 2.27. The van der Waals surface area contributed by atoms with Gasteiger partial charge in [-0.2, -0.15) is 0 Å². The first-order valence-electron chi connectivity index (χ1n) is 4.77. The van der Waals surface area contributed by atoms with Crippen LogP contribution < -0.4 is 0 Å². The molecule has 0 unspecified atom stereocenters.